The maximum Gasteiger partial charge on any atom is 0.417 e. The number of benzene rings is 2. The average molecular weight is 377 g/mol. The minimum Gasteiger partial charge on any atom is -0.447 e. The third-order valence-corrected chi connectivity index (χ3v) is 3.97. The lowest BCUT2D eigenvalue weighted by Crippen LogP contribution is -2.39. The number of cyclic esters (lactones) is 1. The summed E-state index contributed by atoms with van der Waals surface area (Å²) in [6, 6.07) is 12.1. The largest absolute Gasteiger partial charge is 0.447 e. The van der Waals surface area contributed by atoms with Gasteiger partial charge in [0.25, 0.3) is 5.91 Å². The minimum atomic E-state index is -4.61. The van der Waals surface area contributed by atoms with E-state index in [0.717, 1.165) is 18.2 Å². The fourth-order valence-electron chi connectivity index (χ4n) is 2.70. The van der Waals surface area contributed by atoms with Crippen LogP contribution in [0.15, 0.2) is 60.7 Å². The Balaban J connectivity index is 1.87. The Morgan fingerprint density at radius 3 is 2.56 bits per heavy atom. The van der Waals surface area contributed by atoms with Crippen molar-refractivity contribution in [3.05, 3.63) is 77.4 Å². The van der Waals surface area contributed by atoms with Crippen molar-refractivity contribution in [1.29, 1.82) is 0 Å². The fourth-order valence-corrected chi connectivity index (χ4v) is 2.70. The Labute approximate surface area is 156 Å². The van der Waals surface area contributed by atoms with Crippen molar-refractivity contribution < 1.29 is 30.2 Å². The highest BCUT2D eigenvalue weighted by atomic mass is 19.4. The fraction of sp³-hybridized carbons (Fsp3) is 0.200. The maximum atomic E-state index is 13.1. The molecule has 0 bridgehead atoms. The van der Waals surface area contributed by atoms with Crippen LogP contribution in [0.2, 0.25) is 0 Å². The second kappa shape index (κ2) is 7.65. The Morgan fingerprint density at radius 2 is 1.85 bits per heavy atom. The molecule has 0 spiro atoms. The summed E-state index contributed by atoms with van der Waals surface area (Å²) in [4.78, 5) is 25.3. The summed E-state index contributed by atoms with van der Waals surface area (Å²) in [5, 5.41) is 0. The molecular formula is C20H16F3NO3. The second-order valence-corrected chi connectivity index (χ2v) is 5.82. The van der Waals surface area contributed by atoms with E-state index < -0.39 is 36.3 Å². The summed E-state index contributed by atoms with van der Waals surface area (Å²) in [6.07, 6.45) is -4.03. The Kier molecular flexibility index (Phi) is 4.57. The quantitative estimate of drug-likeness (QED) is 0.746. The lowest BCUT2D eigenvalue weighted by atomic mass is 10.1. The first-order valence-electron chi connectivity index (χ1n) is 9.04. The first kappa shape index (κ1) is 16.1. The number of carbonyl (C=O) groups excluding carboxylic acids is 2. The van der Waals surface area contributed by atoms with Crippen LogP contribution in [0.25, 0.3) is 6.08 Å². The number of alkyl halides is 3. The van der Waals surface area contributed by atoms with Gasteiger partial charge in [-0.1, -0.05) is 48.5 Å². The molecule has 2 aromatic rings. The molecule has 1 unspecified atom stereocenters. The van der Waals surface area contributed by atoms with Crippen molar-refractivity contribution in [3.63, 3.8) is 0 Å². The zero-order valence-electron chi connectivity index (χ0n) is 15.9. The molecule has 27 heavy (non-hydrogen) atoms. The van der Waals surface area contributed by atoms with Crippen LogP contribution in [-0.4, -0.2) is 29.5 Å². The first-order valence-corrected chi connectivity index (χ1v) is 8.04. The number of halogens is 3. The molecule has 1 aliphatic heterocycles. The van der Waals surface area contributed by atoms with Gasteiger partial charge < -0.3 is 4.74 Å². The van der Waals surface area contributed by atoms with Crippen LogP contribution in [0.5, 0.6) is 0 Å². The first-order chi connectivity index (χ1) is 13.6. The van der Waals surface area contributed by atoms with E-state index in [1.165, 1.54) is 18.2 Å². The number of hydrogen-bond donors (Lipinski definition) is 0. The molecule has 1 heterocycles. The zero-order chi connectivity index (χ0) is 21.2. The molecule has 2 aromatic carbocycles. The van der Waals surface area contributed by atoms with Gasteiger partial charge in [0.1, 0.15) is 6.56 Å². The van der Waals surface area contributed by atoms with Gasteiger partial charge >= 0.3 is 12.3 Å². The lowest BCUT2D eigenvalue weighted by molar-refractivity contribution is -0.137. The predicted octanol–water partition coefficient (Wildman–Crippen LogP) is 4.31. The summed E-state index contributed by atoms with van der Waals surface area (Å²) in [6.45, 7) is -2.43. The van der Waals surface area contributed by atoms with Gasteiger partial charge in [-0.15, -0.1) is 0 Å². The number of ether oxygens (including phenoxy) is 1. The molecule has 0 N–H and O–H groups in total. The number of imide groups is 1. The van der Waals surface area contributed by atoms with Crippen LogP contribution in [0.3, 0.4) is 0 Å². The van der Waals surface area contributed by atoms with Crippen molar-refractivity contribution >= 4 is 18.1 Å². The van der Waals surface area contributed by atoms with Gasteiger partial charge in [-0.25, -0.2) is 9.69 Å². The Bertz CT molecular complexity index is 945. The van der Waals surface area contributed by atoms with Crippen molar-refractivity contribution in [2.75, 3.05) is 6.56 Å². The smallest absolute Gasteiger partial charge is 0.417 e. The second-order valence-electron chi connectivity index (χ2n) is 5.82. The maximum absolute atomic E-state index is 13.1. The molecule has 3 rings (SSSR count). The molecule has 1 aliphatic rings. The minimum absolute atomic E-state index is 0.00169. The van der Waals surface area contributed by atoms with Gasteiger partial charge in [-0.2, -0.15) is 13.2 Å². The van der Waals surface area contributed by atoms with E-state index in [4.69, 9.17) is 2.74 Å². The molecule has 0 radical (unpaired) electrons. The van der Waals surface area contributed by atoms with Crippen molar-refractivity contribution in [2.45, 2.75) is 18.6 Å². The summed E-state index contributed by atoms with van der Waals surface area (Å²) in [7, 11) is 0. The third-order valence-electron chi connectivity index (χ3n) is 3.97. The molecule has 0 aliphatic carbocycles. The molecule has 1 saturated heterocycles. The van der Waals surface area contributed by atoms with Crippen LogP contribution in [0.1, 0.15) is 19.4 Å². The van der Waals surface area contributed by atoms with Crippen molar-refractivity contribution in [1.82, 2.24) is 4.90 Å². The molecule has 2 amide bonds. The summed E-state index contributed by atoms with van der Waals surface area (Å²) < 4.78 is 59.8. The van der Waals surface area contributed by atoms with E-state index in [2.05, 4.69) is 4.74 Å². The van der Waals surface area contributed by atoms with Gasteiger partial charge in [0.2, 0.25) is 0 Å². The number of carbonyl (C=O) groups is 2. The van der Waals surface area contributed by atoms with E-state index in [9.17, 15) is 22.8 Å². The van der Waals surface area contributed by atoms with Gasteiger partial charge in [-0.05, 0) is 29.7 Å². The van der Waals surface area contributed by atoms with Crippen LogP contribution in [0.4, 0.5) is 18.0 Å². The summed E-state index contributed by atoms with van der Waals surface area (Å²) >= 11 is 0. The molecular weight excluding hydrogens is 359 g/mol. The Morgan fingerprint density at radius 1 is 1.19 bits per heavy atom. The molecule has 140 valence electrons. The van der Waals surface area contributed by atoms with Gasteiger partial charge in [0.15, 0.2) is 0 Å². The van der Waals surface area contributed by atoms with E-state index in [0.29, 0.717) is 10.5 Å². The lowest BCUT2D eigenvalue weighted by Gasteiger charge is -2.18. The van der Waals surface area contributed by atoms with Gasteiger partial charge in [0, 0.05) is 6.08 Å². The van der Waals surface area contributed by atoms with Crippen LogP contribution in [-0.2, 0) is 22.1 Å². The molecule has 7 heteroatoms. The number of amides is 2. The highest BCUT2D eigenvalue weighted by Gasteiger charge is 2.37. The molecule has 4 nitrogen and oxygen atoms in total. The van der Waals surface area contributed by atoms with Crippen LogP contribution >= 0.6 is 0 Å². The SMILES string of the molecule is [2H]C1([2H])OC(=O)N(C(=O)/C=C/c2ccccc2C(F)(F)F)C1Cc1ccccc1. The summed E-state index contributed by atoms with van der Waals surface area (Å²) in [5.41, 5.74) is -0.503. The highest BCUT2D eigenvalue weighted by Crippen LogP contribution is 2.32. The van der Waals surface area contributed by atoms with Gasteiger partial charge in [-0.3, -0.25) is 4.79 Å². The predicted molar refractivity (Wildman–Crippen MR) is 92.6 cm³/mol. The van der Waals surface area contributed by atoms with Crippen LogP contribution < -0.4 is 0 Å². The number of rotatable bonds is 4. The molecule has 0 saturated carbocycles. The topological polar surface area (TPSA) is 46.6 Å². The molecule has 1 fully saturated rings. The monoisotopic (exact) mass is 377 g/mol. The van der Waals surface area contributed by atoms with E-state index in [1.54, 1.807) is 30.3 Å². The standard InChI is InChI=1S/C20H16F3NO3/c21-20(22,23)17-9-5-4-8-15(17)10-11-18(25)24-16(13-27-19(24)26)12-14-6-2-1-3-7-14/h1-11,16H,12-13H2/b11-10+/i13D2. The number of hydrogen-bond acceptors (Lipinski definition) is 3. The van der Waals surface area contributed by atoms with E-state index >= 15 is 0 Å². The number of nitrogens with zero attached hydrogens (tertiary/aromatic N) is 1. The van der Waals surface area contributed by atoms with E-state index in [1.807, 2.05) is 0 Å². The average Bonchev–Trinajstić information content (AvgIpc) is 2.88. The summed E-state index contributed by atoms with van der Waals surface area (Å²) in [5.74, 6) is -0.964. The van der Waals surface area contributed by atoms with Gasteiger partial charge in [0.05, 0.1) is 14.3 Å². The molecule has 0 aromatic heterocycles. The highest BCUT2D eigenvalue weighted by molar-refractivity contribution is 6.02. The normalized spacial score (nSPS) is 20.3. The Hall–Kier alpha value is -3.09. The van der Waals surface area contributed by atoms with Crippen LogP contribution in [0, 0.1) is 0 Å². The third kappa shape index (κ3) is 4.36. The molecule has 1 atom stereocenters. The van der Waals surface area contributed by atoms with Crippen molar-refractivity contribution in [3.8, 4) is 0 Å². The van der Waals surface area contributed by atoms with E-state index in [-0.39, 0.29) is 12.0 Å². The van der Waals surface area contributed by atoms with Crippen molar-refractivity contribution in [2.24, 2.45) is 0 Å². The zero-order valence-corrected chi connectivity index (χ0v) is 13.9.